The van der Waals surface area contributed by atoms with Gasteiger partial charge in [-0.1, -0.05) is 18.7 Å². The number of thioether (sulfide) groups is 1. The highest BCUT2D eigenvalue weighted by Crippen LogP contribution is 2.38. The molecule has 1 saturated carbocycles. The minimum absolute atomic E-state index is 0.258. The van der Waals surface area contributed by atoms with E-state index in [2.05, 4.69) is 16.5 Å². The molecule has 1 aliphatic rings. The highest BCUT2D eigenvalue weighted by Gasteiger charge is 2.26. The summed E-state index contributed by atoms with van der Waals surface area (Å²) in [7, 11) is 0. The van der Waals surface area contributed by atoms with E-state index in [1.807, 2.05) is 12.4 Å². The number of hydrogen-bond acceptors (Lipinski definition) is 5. The maximum atomic E-state index is 13.5. The lowest BCUT2D eigenvalue weighted by Crippen LogP contribution is -2.20. The Morgan fingerprint density at radius 1 is 1.10 bits per heavy atom. The number of aliphatic hydroxyl groups excluding tert-OH is 1. The number of benzene rings is 1. The van der Waals surface area contributed by atoms with Crippen molar-refractivity contribution >= 4 is 11.8 Å². The van der Waals surface area contributed by atoms with E-state index in [4.69, 9.17) is 9.97 Å². The SMILES string of the molecule is CCCSc1nccc(-c2c(-c3ccc(F)cc3)ncn2C2CCC(CO)CC2)n1. The molecule has 1 aliphatic carbocycles. The van der Waals surface area contributed by atoms with Crippen molar-refractivity contribution in [3.8, 4) is 22.6 Å². The Morgan fingerprint density at radius 2 is 1.87 bits per heavy atom. The molecule has 5 nitrogen and oxygen atoms in total. The molecular formula is C23H27FN4OS. The molecule has 0 aliphatic heterocycles. The summed E-state index contributed by atoms with van der Waals surface area (Å²) in [4.78, 5) is 14.0. The fraction of sp³-hybridized carbons (Fsp3) is 0.435. The molecule has 0 saturated heterocycles. The van der Waals surface area contributed by atoms with E-state index in [0.717, 1.165) is 65.7 Å². The van der Waals surface area contributed by atoms with Crippen molar-refractivity contribution in [1.82, 2.24) is 19.5 Å². The van der Waals surface area contributed by atoms with E-state index >= 15 is 0 Å². The smallest absolute Gasteiger partial charge is 0.188 e. The first-order chi connectivity index (χ1) is 14.7. The number of rotatable bonds is 7. The zero-order valence-electron chi connectivity index (χ0n) is 17.2. The maximum absolute atomic E-state index is 13.5. The summed E-state index contributed by atoms with van der Waals surface area (Å²) >= 11 is 1.65. The van der Waals surface area contributed by atoms with E-state index < -0.39 is 0 Å². The second-order valence-electron chi connectivity index (χ2n) is 7.79. The van der Waals surface area contributed by atoms with Gasteiger partial charge in [0.25, 0.3) is 0 Å². The number of imidazole rings is 1. The summed E-state index contributed by atoms with van der Waals surface area (Å²) in [6.07, 6.45) is 8.76. The summed E-state index contributed by atoms with van der Waals surface area (Å²) in [6.45, 7) is 2.40. The van der Waals surface area contributed by atoms with Crippen LogP contribution in [0.2, 0.25) is 0 Å². The molecule has 1 aromatic carbocycles. The van der Waals surface area contributed by atoms with Gasteiger partial charge in [-0.3, -0.25) is 0 Å². The van der Waals surface area contributed by atoms with Crippen molar-refractivity contribution in [2.75, 3.05) is 12.4 Å². The second kappa shape index (κ2) is 9.71. The Morgan fingerprint density at radius 3 is 2.57 bits per heavy atom. The Labute approximate surface area is 180 Å². The van der Waals surface area contributed by atoms with Crippen LogP contribution in [-0.2, 0) is 0 Å². The highest BCUT2D eigenvalue weighted by atomic mass is 32.2. The van der Waals surface area contributed by atoms with Gasteiger partial charge in [0.05, 0.1) is 23.4 Å². The van der Waals surface area contributed by atoms with Crippen LogP contribution in [0.5, 0.6) is 0 Å². The quantitative estimate of drug-likeness (QED) is 0.406. The fourth-order valence-electron chi connectivity index (χ4n) is 4.05. The molecule has 0 atom stereocenters. The molecule has 1 N–H and O–H groups in total. The average Bonchev–Trinajstić information content (AvgIpc) is 3.23. The van der Waals surface area contributed by atoms with Crippen LogP contribution in [0.4, 0.5) is 4.39 Å². The Kier molecular flexibility index (Phi) is 6.79. The molecule has 0 unspecified atom stereocenters. The van der Waals surface area contributed by atoms with E-state index in [0.29, 0.717) is 12.0 Å². The summed E-state index contributed by atoms with van der Waals surface area (Å²) in [5, 5.41) is 10.2. The lowest BCUT2D eigenvalue weighted by Gasteiger charge is -2.29. The summed E-state index contributed by atoms with van der Waals surface area (Å²) in [5.41, 5.74) is 3.47. The molecule has 158 valence electrons. The van der Waals surface area contributed by atoms with Gasteiger partial charge in [0.2, 0.25) is 0 Å². The number of hydrogen-bond donors (Lipinski definition) is 1. The molecule has 3 aromatic rings. The predicted octanol–water partition coefficient (Wildman–Crippen LogP) is 5.37. The minimum Gasteiger partial charge on any atom is -0.396 e. The Hall–Kier alpha value is -2.25. The molecule has 0 amide bonds. The number of aromatic nitrogens is 4. The molecule has 1 fully saturated rings. The zero-order valence-corrected chi connectivity index (χ0v) is 18.0. The molecule has 0 radical (unpaired) electrons. The van der Waals surface area contributed by atoms with Crippen molar-refractivity contribution in [1.29, 1.82) is 0 Å². The Balaban J connectivity index is 1.75. The standard InChI is InChI=1S/C23H27FN4OS/c1-2-13-30-23-25-12-11-20(27-23)22-21(17-5-7-18(24)8-6-17)26-15-28(22)19-9-3-16(14-29)4-10-19/h5-8,11-12,15-16,19,29H,2-4,9-10,13-14H2,1H3. The molecule has 2 heterocycles. The van der Waals surface area contributed by atoms with Crippen LogP contribution < -0.4 is 0 Å². The summed E-state index contributed by atoms with van der Waals surface area (Å²) in [5.74, 6) is 1.10. The lowest BCUT2D eigenvalue weighted by molar-refractivity contribution is 0.169. The van der Waals surface area contributed by atoms with Crippen molar-refractivity contribution in [3.63, 3.8) is 0 Å². The zero-order chi connectivity index (χ0) is 20.9. The molecule has 0 spiro atoms. The van der Waals surface area contributed by atoms with Gasteiger partial charge in [-0.25, -0.2) is 19.3 Å². The first kappa shape index (κ1) is 21.0. The number of aliphatic hydroxyl groups is 1. The van der Waals surface area contributed by atoms with Crippen molar-refractivity contribution in [3.05, 3.63) is 48.7 Å². The third kappa shape index (κ3) is 4.57. The van der Waals surface area contributed by atoms with Crippen LogP contribution in [0.3, 0.4) is 0 Å². The Bertz CT molecular complexity index is 968. The van der Waals surface area contributed by atoms with Gasteiger partial charge in [0.1, 0.15) is 5.82 Å². The maximum Gasteiger partial charge on any atom is 0.188 e. The van der Waals surface area contributed by atoms with Crippen LogP contribution in [0.15, 0.2) is 48.0 Å². The van der Waals surface area contributed by atoms with Gasteiger partial charge in [0, 0.05) is 30.2 Å². The van der Waals surface area contributed by atoms with Crippen LogP contribution in [0.25, 0.3) is 22.6 Å². The van der Waals surface area contributed by atoms with Crippen LogP contribution in [0, 0.1) is 11.7 Å². The predicted molar refractivity (Wildman–Crippen MR) is 118 cm³/mol. The highest BCUT2D eigenvalue weighted by molar-refractivity contribution is 7.99. The van der Waals surface area contributed by atoms with Crippen LogP contribution in [-0.4, -0.2) is 37.0 Å². The monoisotopic (exact) mass is 426 g/mol. The number of nitrogens with zero attached hydrogens (tertiary/aromatic N) is 4. The van der Waals surface area contributed by atoms with Gasteiger partial charge in [0.15, 0.2) is 5.16 Å². The molecular weight excluding hydrogens is 399 g/mol. The second-order valence-corrected chi connectivity index (χ2v) is 8.85. The van der Waals surface area contributed by atoms with Gasteiger partial charge < -0.3 is 9.67 Å². The van der Waals surface area contributed by atoms with Crippen LogP contribution >= 0.6 is 11.8 Å². The lowest BCUT2D eigenvalue weighted by atomic mass is 9.86. The number of halogens is 1. The van der Waals surface area contributed by atoms with Gasteiger partial charge in [-0.15, -0.1) is 0 Å². The third-order valence-electron chi connectivity index (χ3n) is 5.69. The summed E-state index contributed by atoms with van der Waals surface area (Å²) < 4.78 is 15.7. The van der Waals surface area contributed by atoms with E-state index in [1.54, 1.807) is 30.1 Å². The van der Waals surface area contributed by atoms with Gasteiger partial charge >= 0.3 is 0 Å². The normalized spacial score (nSPS) is 19.2. The molecule has 30 heavy (non-hydrogen) atoms. The molecule has 7 heteroatoms. The van der Waals surface area contributed by atoms with Gasteiger partial charge in [-0.05, 0) is 68.4 Å². The molecule has 4 rings (SSSR count). The minimum atomic E-state index is -0.262. The third-order valence-corrected chi connectivity index (χ3v) is 6.76. The fourth-order valence-corrected chi connectivity index (χ4v) is 4.74. The van der Waals surface area contributed by atoms with Gasteiger partial charge in [-0.2, -0.15) is 0 Å². The largest absolute Gasteiger partial charge is 0.396 e. The average molecular weight is 427 g/mol. The van der Waals surface area contributed by atoms with Crippen molar-refractivity contribution in [2.24, 2.45) is 5.92 Å². The van der Waals surface area contributed by atoms with Crippen LogP contribution in [0.1, 0.15) is 45.1 Å². The first-order valence-corrected chi connectivity index (χ1v) is 11.6. The van der Waals surface area contributed by atoms with E-state index in [-0.39, 0.29) is 12.4 Å². The van der Waals surface area contributed by atoms with Crippen molar-refractivity contribution in [2.45, 2.75) is 50.2 Å². The molecule has 0 bridgehead atoms. The van der Waals surface area contributed by atoms with E-state index in [1.165, 1.54) is 12.1 Å². The molecule has 2 aromatic heterocycles. The van der Waals surface area contributed by atoms with E-state index in [9.17, 15) is 9.50 Å². The summed E-state index contributed by atoms with van der Waals surface area (Å²) in [6, 6.07) is 8.70. The topological polar surface area (TPSA) is 63.8 Å². The first-order valence-electron chi connectivity index (χ1n) is 10.6. The van der Waals surface area contributed by atoms with Crippen molar-refractivity contribution < 1.29 is 9.50 Å².